The van der Waals surface area contributed by atoms with Crippen molar-refractivity contribution in [2.24, 2.45) is 0 Å². The number of nitrogens with one attached hydrogen (secondary N) is 3. The van der Waals surface area contributed by atoms with Gasteiger partial charge in [-0.15, -0.1) is 0 Å². The normalized spacial score (nSPS) is 14.7. The Bertz CT molecular complexity index is 1120. The third kappa shape index (κ3) is 3.77. The molecule has 1 aliphatic carbocycles. The molecule has 0 aliphatic heterocycles. The Kier molecular flexibility index (Phi) is 4.57. The molecule has 1 fully saturated rings. The summed E-state index contributed by atoms with van der Waals surface area (Å²) in [6, 6.07) is 19.4. The van der Waals surface area contributed by atoms with Crippen LogP contribution in [0.5, 0.6) is 0 Å². The molecule has 7 heteroatoms. The maximum absolute atomic E-state index is 9.87. The molecule has 0 unspecified atom stereocenters. The maximum atomic E-state index is 9.87. The minimum absolute atomic E-state index is 0.0624. The molecular formula is C22H22N6O. The van der Waals surface area contributed by atoms with Gasteiger partial charge >= 0.3 is 0 Å². The first-order chi connectivity index (χ1) is 14.3. The summed E-state index contributed by atoms with van der Waals surface area (Å²) < 4.78 is 0. The molecule has 4 aromatic rings. The standard InChI is InChI=1S/C22H22N6O/c29-13-19(14-6-2-1-3-7-14)24-22-23-17-9-5-4-8-16(17)21(26-22)25-20-12-18(27-28-20)15-10-11-15/h1-9,12,15,19,29H,10-11,13H2,(H3,23,24,25,26,27,28)/t19-/m0/s1. The number of anilines is 3. The van der Waals surface area contributed by atoms with Crippen molar-refractivity contribution < 1.29 is 5.11 Å². The molecule has 0 bridgehead atoms. The van der Waals surface area contributed by atoms with Crippen LogP contribution < -0.4 is 10.6 Å². The number of para-hydroxylation sites is 1. The molecule has 1 aliphatic rings. The summed E-state index contributed by atoms with van der Waals surface area (Å²) in [6.45, 7) is -0.0624. The summed E-state index contributed by atoms with van der Waals surface area (Å²) in [5.41, 5.74) is 2.95. The first-order valence-corrected chi connectivity index (χ1v) is 9.81. The second-order valence-electron chi connectivity index (χ2n) is 7.31. The maximum Gasteiger partial charge on any atom is 0.225 e. The van der Waals surface area contributed by atoms with Gasteiger partial charge in [0.15, 0.2) is 5.82 Å². The summed E-state index contributed by atoms with van der Waals surface area (Å²) in [7, 11) is 0. The Morgan fingerprint density at radius 1 is 1.03 bits per heavy atom. The number of aliphatic hydroxyl groups excluding tert-OH is 1. The van der Waals surface area contributed by atoms with Gasteiger partial charge < -0.3 is 15.7 Å². The number of hydrogen-bond donors (Lipinski definition) is 4. The summed E-state index contributed by atoms with van der Waals surface area (Å²) in [5.74, 6) is 2.47. The smallest absolute Gasteiger partial charge is 0.225 e. The fourth-order valence-electron chi connectivity index (χ4n) is 3.44. The number of nitrogens with zero attached hydrogens (tertiary/aromatic N) is 3. The second kappa shape index (κ2) is 7.52. The van der Waals surface area contributed by atoms with E-state index < -0.39 is 0 Å². The fraction of sp³-hybridized carbons (Fsp3) is 0.227. The average Bonchev–Trinajstić information content (AvgIpc) is 3.51. The third-order valence-corrected chi connectivity index (χ3v) is 5.15. The van der Waals surface area contributed by atoms with Crippen molar-refractivity contribution >= 4 is 28.5 Å². The minimum Gasteiger partial charge on any atom is -0.394 e. The molecule has 29 heavy (non-hydrogen) atoms. The number of fused-ring (bicyclic) bond motifs is 1. The highest BCUT2D eigenvalue weighted by Crippen LogP contribution is 2.39. The number of aromatic nitrogens is 4. The zero-order valence-electron chi connectivity index (χ0n) is 15.8. The highest BCUT2D eigenvalue weighted by Gasteiger charge is 2.25. The van der Waals surface area contributed by atoms with E-state index in [9.17, 15) is 5.11 Å². The van der Waals surface area contributed by atoms with Crippen LogP contribution in [-0.4, -0.2) is 31.9 Å². The molecule has 0 amide bonds. The molecule has 2 heterocycles. The zero-order valence-corrected chi connectivity index (χ0v) is 15.8. The molecular weight excluding hydrogens is 364 g/mol. The predicted molar refractivity (Wildman–Crippen MR) is 113 cm³/mol. The molecule has 2 aromatic heterocycles. The highest BCUT2D eigenvalue weighted by atomic mass is 16.3. The molecule has 0 saturated heterocycles. The first kappa shape index (κ1) is 17.6. The number of benzene rings is 2. The van der Waals surface area contributed by atoms with Crippen LogP contribution in [-0.2, 0) is 0 Å². The fourth-order valence-corrected chi connectivity index (χ4v) is 3.44. The van der Waals surface area contributed by atoms with Crippen molar-refractivity contribution in [1.82, 2.24) is 20.2 Å². The lowest BCUT2D eigenvalue weighted by Crippen LogP contribution is -2.17. The van der Waals surface area contributed by atoms with Crippen LogP contribution >= 0.6 is 0 Å². The molecule has 1 atom stereocenters. The molecule has 2 aromatic carbocycles. The largest absolute Gasteiger partial charge is 0.394 e. The topological polar surface area (TPSA) is 98.8 Å². The van der Waals surface area contributed by atoms with Gasteiger partial charge in [-0.25, -0.2) is 4.98 Å². The highest BCUT2D eigenvalue weighted by molar-refractivity contribution is 5.91. The molecule has 1 saturated carbocycles. The Labute approximate surface area is 168 Å². The number of hydrogen-bond acceptors (Lipinski definition) is 6. The summed E-state index contributed by atoms with van der Waals surface area (Å²) >= 11 is 0. The first-order valence-electron chi connectivity index (χ1n) is 9.81. The average molecular weight is 386 g/mol. The van der Waals surface area contributed by atoms with E-state index in [2.05, 4.69) is 30.8 Å². The number of H-pyrrole nitrogens is 1. The lowest BCUT2D eigenvalue weighted by atomic mass is 10.1. The lowest BCUT2D eigenvalue weighted by Gasteiger charge is -2.18. The van der Waals surface area contributed by atoms with Crippen LogP contribution in [0.2, 0.25) is 0 Å². The van der Waals surface area contributed by atoms with Crippen molar-refractivity contribution in [3.05, 3.63) is 71.9 Å². The Morgan fingerprint density at radius 3 is 2.62 bits per heavy atom. The summed E-state index contributed by atoms with van der Waals surface area (Å²) in [5, 5.41) is 24.9. The van der Waals surface area contributed by atoms with Crippen molar-refractivity contribution in [2.75, 3.05) is 17.2 Å². The summed E-state index contributed by atoms with van der Waals surface area (Å²) in [4.78, 5) is 9.31. The monoisotopic (exact) mass is 386 g/mol. The van der Waals surface area contributed by atoms with Gasteiger partial charge in [-0.2, -0.15) is 10.1 Å². The van der Waals surface area contributed by atoms with Gasteiger partial charge in [-0.1, -0.05) is 42.5 Å². The van der Waals surface area contributed by atoms with E-state index in [0.717, 1.165) is 28.0 Å². The molecule has 0 radical (unpaired) electrons. The predicted octanol–water partition coefficient (Wildman–Crippen LogP) is 4.12. The van der Waals surface area contributed by atoms with Crippen LogP contribution in [0.25, 0.3) is 10.9 Å². The lowest BCUT2D eigenvalue weighted by molar-refractivity contribution is 0.276. The van der Waals surface area contributed by atoms with Gasteiger partial charge in [-0.3, -0.25) is 5.10 Å². The molecule has 146 valence electrons. The molecule has 7 nitrogen and oxygen atoms in total. The van der Waals surface area contributed by atoms with Crippen molar-refractivity contribution in [3.8, 4) is 0 Å². The van der Waals surface area contributed by atoms with E-state index in [1.807, 2.05) is 60.7 Å². The SMILES string of the molecule is OC[C@H](Nc1nc(Nc2cc(C3CC3)[nH]n2)c2ccccc2n1)c1ccccc1. The molecule has 5 rings (SSSR count). The zero-order chi connectivity index (χ0) is 19.6. The third-order valence-electron chi connectivity index (χ3n) is 5.15. The van der Waals surface area contributed by atoms with E-state index in [1.165, 1.54) is 12.8 Å². The van der Waals surface area contributed by atoms with Crippen LogP contribution in [0.4, 0.5) is 17.6 Å². The van der Waals surface area contributed by atoms with Gasteiger partial charge in [-0.05, 0) is 30.5 Å². The van der Waals surface area contributed by atoms with Gasteiger partial charge in [0.25, 0.3) is 0 Å². The van der Waals surface area contributed by atoms with Crippen LogP contribution in [0, 0.1) is 0 Å². The van der Waals surface area contributed by atoms with Crippen LogP contribution in [0.3, 0.4) is 0 Å². The minimum atomic E-state index is -0.294. The second-order valence-corrected chi connectivity index (χ2v) is 7.31. The number of rotatable bonds is 7. The Hall–Kier alpha value is -3.45. The van der Waals surface area contributed by atoms with E-state index >= 15 is 0 Å². The van der Waals surface area contributed by atoms with E-state index in [-0.39, 0.29) is 12.6 Å². The quantitative estimate of drug-likeness (QED) is 0.381. The molecule has 0 spiro atoms. The number of aliphatic hydroxyl groups is 1. The van der Waals surface area contributed by atoms with Gasteiger partial charge in [0.05, 0.1) is 18.2 Å². The van der Waals surface area contributed by atoms with E-state index in [0.29, 0.717) is 17.7 Å². The van der Waals surface area contributed by atoms with Gasteiger partial charge in [0.2, 0.25) is 5.95 Å². The number of aromatic amines is 1. The van der Waals surface area contributed by atoms with Crippen molar-refractivity contribution in [2.45, 2.75) is 24.8 Å². The van der Waals surface area contributed by atoms with Crippen LogP contribution in [0.15, 0.2) is 60.7 Å². The van der Waals surface area contributed by atoms with Crippen molar-refractivity contribution in [3.63, 3.8) is 0 Å². The van der Waals surface area contributed by atoms with Gasteiger partial charge in [0, 0.05) is 23.1 Å². The van der Waals surface area contributed by atoms with Crippen molar-refractivity contribution in [1.29, 1.82) is 0 Å². The summed E-state index contributed by atoms with van der Waals surface area (Å²) in [6.07, 6.45) is 2.43. The molecule has 4 N–H and O–H groups in total. The van der Waals surface area contributed by atoms with Crippen LogP contribution in [0.1, 0.15) is 36.1 Å². The van der Waals surface area contributed by atoms with E-state index in [4.69, 9.17) is 0 Å². The Balaban J connectivity index is 1.47. The Morgan fingerprint density at radius 2 is 1.83 bits per heavy atom. The van der Waals surface area contributed by atoms with Gasteiger partial charge in [0.1, 0.15) is 5.82 Å². The van der Waals surface area contributed by atoms with E-state index in [1.54, 1.807) is 0 Å².